The summed E-state index contributed by atoms with van der Waals surface area (Å²) in [6.07, 6.45) is -1.36. The molecule has 0 aliphatic rings. The van der Waals surface area contributed by atoms with E-state index in [1.54, 1.807) is 6.07 Å². The van der Waals surface area contributed by atoms with E-state index < -0.39 is 23.3 Å². The van der Waals surface area contributed by atoms with E-state index in [9.17, 15) is 14.3 Å². The van der Waals surface area contributed by atoms with Crippen molar-refractivity contribution in [1.82, 2.24) is 0 Å². The van der Waals surface area contributed by atoms with Crippen LogP contribution in [-0.2, 0) is 4.79 Å². The third-order valence-corrected chi connectivity index (χ3v) is 2.43. The molecule has 82 valence electrons. The van der Waals surface area contributed by atoms with E-state index in [2.05, 4.69) is 0 Å². The number of aliphatic hydroxyl groups excluding tert-OH is 1. The zero-order chi connectivity index (χ0) is 11.6. The van der Waals surface area contributed by atoms with Crippen LogP contribution in [0.4, 0.5) is 4.39 Å². The average Bonchev–Trinajstić information content (AvgIpc) is 2.17. The molecular formula is C11H13FO3. The average molecular weight is 212 g/mol. The van der Waals surface area contributed by atoms with Crippen molar-refractivity contribution in [2.45, 2.75) is 20.0 Å². The predicted molar refractivity (Wildman–Crippen MR) is 52.8 cm³/mol. The maximum Gasteiger partial charge on any atom is 0.312 e. The van der Waals surface area contributed by atoms with Crippen LogP contribution in [0.25, 0.3) is 0 Å². The standard InChI is InChI=1S/C11H13FO3/c1-11(2,10(14)15)9(13)7-5-3-4-6-8(7)12/h3-6,9,13H,1-2H3,(H,14,15). The maximum atomic E-state index is 13.3. The molecule has 1 aromatic rings. The number of hydrogen-bond donors (Lipinski definition) is 2. The van der Waals surface area contributed by atoms with Gasteiger partial charge in [0.2, 0.25) is 0 Å². The lowest BCUT2D eigenvalue weighted by Crippen LogP contribution is -2.31. The Morgan fingerprint density at radius 1 is 1.40 bits per heavy atom. The molecule has 3 nitrogen and oxygen atoms in total. The number of halogens is 1. The third kappa shape index (κ3) is 2.15. The van der Waals surface area contributed by atoms with Crippen LogP contribution < -0.4 is 0 Å². The van der Waals surface area contributed by atoms with Crippen molar-refractivity contribution in [3.63, 3.8) is 0 Å². The molecule has 0 aliphatic heterocycles. The highest BCUT2D eigenvalue weighted by atomic mass is 19.1. The van der Waals surface area contributed by atoms with Crippen molar-refractivity contribution in [2.75, 3.05) is 0 Å². The Bertz CT molecular complexity index is 374. The Morgan fingerprint density at radius 3 is 2.40 bits per heavy atom. The summed E-state index contributed by atoms with van der Waals surface area (Å²) in [4.78, 5) is 10.9. The number of hydrogen-bond acceptors (Lipinski definition) is 2. The summed E-state index contributed by atoms with van der Waals surface area (Å²) in [5.41, 5.74) is -1.41. The van der Waals surface area contributed by atoms with Crippen LogP contribution in [-0.4, -0.2) is 16.2 Å². The number of aliphatic hydroxyl groups is 1. The lowest BCUT2D eigenvalue weighted by molar-refractivity contribution is -0.153. The maximum absolute atomic E-state index is 13.3. The van der Waals surface area contributed by atoms with E-state index in [-0.39, 0.29) is 5.56 Å². The topological polar surface area (TPSA) is 57.5 Å². The van der Waals surface area contributed by atoms with Crippen molar-refractivity contribution < 1.29 is 19.4 Å². The van der Waals surface area contributed by atoms with Gasteiger partial charge in [0.05, 0.1) is 11.5 Å². The summed E-state index contributed by atoms with van der Waals surface area (Å²) >= 11 is 0. The van der Waals surface area contributed by atoms with Crippen molar-refractivity contribution in [1.29, 1.82) is 0 Å². The minimum absolute atomic E-state index is 0.00454. The fraction of sp³-hybridized carbons (Fsp3) is 0.364. The monoisotopic (exact) mass is 212 g/mol. The normalized spacial score (nSPS) is 13.6. The van der Waals surface area contributed by atoms with Gasteiger partial charge in [-0.2, -0.15) is 0 Å². The highest BCUT2D eigenvalue weighted by Gasteiger charge is 2.37. The van der Waals surface area contributed by atoms with E-state index >= 15 is 0 Å². The first-order valence-electron chi connectivity index (χ1n) is 4.53. The Balaban J connectivity index is 3.10. The second-order valence-corrected chi connectivity index (χ2v) is 3.95. The molecule has 0 aromatic heterocycles. The fourth-order valence-corrected chi connectivity index (χ4v) is 1.20. The molecule has 0 amide bonds. The zero-order valence-electron chi connectivity index (χ0n) is 8.57. The lowest BCUT2D eigenvalue weighted by atomic mass is 9.82. The first-order chi connectivity index (χ1) is 6.87. The van der Waals surface area contributed by atoms with E-state index in [1.807, 2.05) is 0 Å². The first kappa shape index (κ1) is 11.7. The van der Waals surface area contributed by atoms with Gasteiger partial charge in [-0.25, -0.2) is 4.39 Å². The van der Waals surface area contributed by atoms with Crippen molar-refractivity contribution in [3.8, 4) is 0 Å². The molecule has 0 saturated heterocycles. The van der Waals surface area contributed by atoms with E-state index in [4.69, 9.17) is 5.11 Å². The quantitative estimate of drug-likeness (QED) is 0.805. The fourth-order valence-electron chi connectivity index (χ4n) is 1.20. The van der Waals surface area contributed by atoms with Crippen molar-refractivity contribution in [3.05, 3.63) is 35.6 Å². The van der Waals surface area contributed by atoms with Gasteiger partial charge in [-0.3, -0.25) is 4.79 Å². The Labute approximate surface area is 87.2 Å². The van der Waals surface area contributed by atoms with Gasteiger partial charge in [0.25, 0.3) is 0 Å². The second kappa shape index (κ2) is 3.98. The summed E-state index contributed by atoms with van der Waals surface area (Å²) < 4.78 is 13.3. The molecule has 1 aromatic carbocycles. The van der Waals surface area contributed by atoms with Crippen LogP contribution in [0.5, 0.6) is 0 Å². The molecule has 0 saturated carbocycles. The minimum Gasteiger partial charge on any atom is -0.481 e. The Hall–Kier alpha value is -1.42. The first-order valence-corrected chi connectivity index (χ1v) is 4.53. The van der Waals surface area contributed by atoms with Crippen LogP contribution in [0.1, 0.15) is 25.5 Å². The molecule has 0 aliphatic carbocycles. The molecule has 15 heavy (non-hydrogen) atoms. The number of carboxylic acids is 1. The van der Waals surface area contributed by atoms with E-state index in [0.717, 1.165) is 0 Å². The van der Waals surface area contributed by atoms with Gasteiger partial charge in [-0.05, 0) is 19.9 Å². The second-order valence-electron chi connectivity index (χ2n) is 3.95. The smallest absolute Gasteiger partial charge is 0.312 e. The Morgan fingerprint density at radius 2 is 1.93 bits per heavy atom. The largest absolute Gasteiger partial charge is 0.481 e. The van der Waals surface area contributed by atoms with Crippen molar-refractivity contribution >= 4 is 5.97 Å². The van der Waals surface area contributed by atoms with Crippen LogP contribution in [0.3, 0.4) is 0 Å². The van der Waals surface area contributed by atoms with E-state index in [0.29, 0.717) is 0 Å². The van der Waals surface area contributed by atoms with Crippen LogP contribution >= 0.6 is 0 Å². The van der Waals surface area contributed by atoms with Crippen molar-refractivity contribution in [2.24, 2.45) is 5.41 Å². The van der Waals surface area contributed by atoms with Gasteiger partial charge >= 0.3 is 5.97 Å². The summed E-state index contributed by atoms with van der Waals surface area (Å²) in [5.74, 6) is -1.77. The molecule has 0 spiro atoms. The van der Waals surface area contributed by atoms with E-state index in [1.165, 1.54) is 32.0 Å². The minimum atomic E-state index is -1.41. The highest BCUT2D eigenvalue weighted by Crippen LogP contribution is 2.34. The number of rotatable bonds is 3. The van der Waals surface area contributed by atoms with Gasteiger partial charge in [0.1, 0.15) is 5.82 Å². The number of benzene rings is 1. The molecule has 1 unspecified atom stereocenters. The molecule has 4 heteroatoms. The van der Waals surface area contributed by atoms with Gasteiger partial charge in [-0.15, -0.1) is 0 Å². The summed E-state index contributed by atoms with van der Waals surface area (Å²) in [7, 11) is 0. The molecule has 0 heterocycles. The zero-order valence-corrected chi connectivity index (χ0v) is 8.57. The van der Waals surface area contributed by atoms with Crippen LogP contribution in [0.15, 0.2) is 24.3 Å². The van der Waals surface area contributed by atoms with Gasteiger partial charge in [0.15, 0.2) is 0 Å². The molecule has 1 rings (SSSR count). The summed E-state index contributed by atoms with van der Waals surface area (Å²) in [5, 5.41) is 18.7. The number of carbonyl (C=O) groups is 1. The van der Waals surface area contributed by atoms with Crippen LogP contribution in [0, 0.1) is 11.2 Å². The summed E-state index contributed by atoms with van der Waals surface area (Å²) in [6.45, 7) is 2.71. The van der Waals surface area contributed by atoms with Crippen LogP contribution in [0.2, 0.25) is 0 Å². The molecule has 0 fully saturated rings. The highest BCUT2D eigenvalue weighted by molar-refractivity contribution is 5.74. The molecule has 0 bridgehead atoms. The number of carboxylic acid groups (broad SMARTS) is 1. The molecule has 2 N–H and O–H groups in total. The lowest BCUT2D eigenvalue weighted by Gasteiger charge is -2.26. The number of aliphatic carboxylic acids is 1. The summed E-state index contributed by atoms with van der Waals surface area (Å²) in [6, 6.07) is 5.61. The third-order valence-electron chi connectivity index (χ3n) is 2.43. The SMILES string of the molecule is CC(C)(C(=O)O)C(O)c1ccccc1F. The predicted octanol–water partition coefficient (Wildman–Crippen LogP) is 1.97. The molecular weight excluding hydrogens is 199 g/mol. The molecule has 1 atom stereocenters. The van der Waals surface area contributed by atoms with Gasteiger partial charge < -0.3 is 10.2 Å². The van der Waals surface area contributed by atoms with Gasteiger partial charge in [0, 0.05) is 5.56 Å². The Kier molecular flexibility index (Phi) is 3.09. The van der Waals surface area contributed by atoms with Gasteiger partial charge in [-0.1, -0.05) is 18.2 Å². The molecule has 0 radical (unpaired) electrons.